The summed E-state index contributed by atoms with van der Waals surface area (Å²) >= 11 is 0. The molecule has 2 amide bonds. The number of aromatic nitrogens is 4. The minimum absolute atomic E-state index is 0.0182. The molecule has 2 aliphatic heterocycles. The summed E-state index contributed by atoms with van der Waals surface area (Å²) in [6.45, 7) is 5.64. The molecule has 4 rings (SSSR count). The molecule has 0 saturated carbocycles. The zero-order valence-electron chi connectivity index (χ0n) is 14.9. The summed E-state index contributed by atoms with van der Waals surface area (Å²) in [5.74, 6) is 0.314. The van der Waals surface area contributed by atoms with E-state index in [1.807, 2.05) is 13.8 Å². The molecular formula is C17H22N6O3. The van der Waals surface area contributed by atoms with Crippen LogP contribution in [0.4, 0.5) is 0 Å². The number of hydrogen-bond acceptors (Lipinski definition) is 6. The van der Waals surface area contributed by atoms with Crippen molar-refractivity contribution in [3.8, 4) is 0 Å². The van der Waals surface area contributed by atoms with Crippen LogP contribution in [-0.2, 0) is 20.7 Å². The van der Waals surface area contributed by atoms with Crippen LogP contribution in [0.15, 0.2) is 6.33 Å². The summed E-state index contributed by atoms with van der Waals surface area (Å²) in [4.78, 5) is 35.2. The zero-order valence-corrected chi connectivity index (χ0v) is 14.9. The fourth-order valence-electron chi connectivity index (χ4n) is 3.74. The molecule has 2 aliphatic rings. The molecule has 9 heteroatoms. The van der Waals surface area contributed by atoms with Gasteiger partial charge in [-0.15, -0.1) is 0 Å². The Balaban J connectivity index is 1.48. The first kappa shape index (κ1) is 16.9. The fraction of sp³-hybridized carbons (Fsp3) is 0.588. The van der Waals surface area contributed by atoms with Crippen LogP contribution < -0.4 is 5.32 Å². The molecule has 2 saturated heterocycles. The van der Waals surface area contributed by atoms with E-state index in [4.69, 9.17) is 4.74 Å². The SMILES string of the molecule is Cc1nc2ncnn2c(C)c1CCC(=O)N1C[C@H]2COC[C@@H](C1)C(=O)N2. The number of ether oxygens (including phenoxy) is 1. The molecule has 0 aromatic carbocycles. The highest BCUT2D eigenvalue weighted by atomic mass is 16.5. The van der Waals surface area contributed by atoms with E-state index < -0.39 is 0 Å². The van der Waals surface area contributed by atoms with E-state index in [1.54, 1.807) is 9.42 Å². The van der Waals surface area contributed by atoms with Crippen molar-refractivity contribution in [1.82, 2.24) is 29.8 Å². The van der Waals surface area contributed by atoms with Gasteiger partial charge in [0.2, 0.25) is 11.8 Å². The summed E-state index contributed by atoms with van der Waals surface area (Å²) in [6.07, 6.45) is 2.44. The van der Waals surface area contributed by atoms with Crippen molar-refractivity contribution in [3.63, 3.8) is 0 Å². The van der Waals surface area contributed by atoms with Gasteiger partial charge in [0.1, 0.15) is 6.33 Å². The molecule has 1 N–H and O–H groups in total. The highest BCUT2D eigenvalue weighted by Gasteiger charge is 2.34. The van der Waals surface area contributed by atoms with Crippen molar-refractivity contribution in [2.24, 2.45) is 5.92 Å². The van der Waals surface area contributed by atoms with Gasteiger partial charge in [0.15, 0.2) is 0 Å². The highest BCUT2D eigenvalue weighted by Crippen LogP contribution is 2.18. The number of fused-ring (bicyclic) bond motifs is 4. The van der Waals surface area contributed by atoms with Crippen molar-refractivity contribution in [1.29, 1.82) is 0 Å². The van der Waals surface area contributed by atoms with Crippen LogP contribution in [0.1, 0.15) is 23.4 Å². The second-order valence-electron chi connectivity index (χ2n) is 6.97. The van der Waals surface area contributed by atoms with Crippen LogP contribution in [-0.4, -0.2) is 68.6 Å². The third kappa shape index (κ3) is 3.03. The molecule has 0 radical (unpaired) electrons. The van der Waals surface area contributed by atoms with Crippen LogP contribution in [0, 0.1) is 19.8 Å². The van der Waals surface area contributed by atoms with Gasteiger partial charge in [0.05, 0.1) is 25.2 Å². The number of amides is 2. The van der Waals surface area contributed by atoms with E-state index in [2.05, 4.69) is 20.4 Å². The van der Waals surface area contributed by atoms with Gasteiger partial charge in [-0.05, 0) is 25.8 Å². The molecule has 2 aromatic rings. The van der Waals surface area contributed by atoms with E-state index in [0.717, 1.165) is 17.0 Å². The first-order chi connectivity index (χ1) is 12.5. The number of rotatable bonds is 3. The Kier molecular flexibility index (Phi) is 4.31. The van der Waals surface area contributed by atoms with Gasteiger partial charge in [-0.25, -0.2) is 9.50 Å². The van der Waals surface area contributed by atoms with Crippen molar-refractivity contribution in [2.75, 3.05) is 26.3 Å². The van der Waals surface area contributed by atoms with Gasteiger partial charge in [0, 0.05) is 30.9 Å². The minimum Gasteiger partial charge on any atom is -0.378 e. The number of aryl methyl sites for hydroxylation is 2. The summed E-state index contributed by atoms with van der Waals surface area (Å²) in [5.41, 5.74) is 2.84. The standard InChI is InChI=1S/C17H22N6O3/c1-10-14(11(2)23-17(20-10)18-9-19-23)3-4-15(24)22-5-12-7-26-8-13(6-22)21-16(12)25/h9,12-13H,3-8H2,1-2H3,(H,21,25)/t12-,13+/m1/s1. The monoisotopic (exact) mass is 358 g/mol. The Morgan fingerprint density at radius 2 is 2.19 bits per heavy atom. The molecule has 2 bridgehead atoms. The van der Waals surface area contributed by atoms with E-state index in [0.29, 0.717) is 44.9 Å². The normalized spacial score (nSPS) is 23.0. The largest absolute Gasteiger partial charge is 0.378 e. The highest BCUT2D eigenvalue weighted by molar-refractivity contribution is 5.82. The Morgan fingerprint density at radius 3 is 3.04 bits per heavy atom. The number of carbonyl (C=O) groups excluding carboxylic acids is 2. The van der Waals surface area contributed by atoms with Crippen LogP contribution in [0.2, 0.25) is 0 Å². The molecule has 138 valence electrons. The average molecular weight is 358 g/mol. The molecule has 0 spiro atoms. The van der Waals surface area contributed by atoms with Gasteiger partial charge in [0.25, 0.3) is 5.78 Å². The molecule has 0 aliphatic carbocycles. The third-order valence-electron chi connectivity index (χ3n) is 5.17. The summed E-state index contributed by atoms with van der Waals surface area (Å²) in [5, 5.41) is 7.13. The van der Waals surface area contributed by atoms with Gasteiger partial charge in [-0.3, -0.25) is 9.59 Å². The van der Waals surface area contributed by atoms with Crippen molar-refractivity contribution in [2.45, 2.75) is 32.7 Å². The lowest BCUT2D eigenvalue weighted by atomic mass is 10.1. The second kappa shape index (κ2) is 6.64. The van der Waals surface area contributed by atoms with E-state index in [9.17, 15) is 9.59 Å². The third-order valence-corrected chi connectivity index (χ3v) is 5.17. The maximum absolute atomic E-state index is 12.8. The minimum atomic E-state index is -0.289. The first-order valence-electron chi connectivity index (χ1n) is 8.84. The molecule has 9 nitrogen and oxygen atoms in total. The van der Waals surface area contributed by atoms with Crippen molar-refractivity contribution in [3.05, 3.63) is 23.3 Å². The molecule has 4 heterocycles. The van der Waals surface area contributed by atoms with Crippen molar-refractivity contribution < 1.29 is 14.3 Å². The van der Waals surface area contributed by atoms with Gasteiger partial charge >= 0.3 is 0 Å². The lowest BCUT2D eigenvalue weighted by Crippen LogP contribution is -2.44. The Bertz CT molecular complexity index is 864. The quantitative estimate of drug-likeness (QED) is 0.805. The van der Waals surface area contributed by atoms with Crippen molar-refractivity contribution >= 4 is 17.6 Å². The van der Waals surface area contributed by atoms with Gasteiger partial charge in [-0.1, -0.05) is 0 Å². The van der Waals surface area contributed by atoms with E-state index >= 15 is 0 Å². The van der Waals surface area contributed by atoms with Crippen LogP contribution in [0.3, 0.4) is 0 Å². The van der Waals surface area contributed by atoms with Gasteiger partial charge in [-0.2, -0.15) is 10.1 Å². The summed E-state index contributed by atoms with van der Waals surface area (Å²) in [7, 11) is 0. The molecule has 2 aromatic heterocycles. The number of hydrogen-bond donors (Lipinski definition) is 1. The predicted molar refractivity (Wildman–Crippen MR) is 91.4 cm³/mol. The molecule has 2 atom stereocenters. The Hall–Kier alpha value is -2.55. The lowest BCUT2D eigenvalue weighted by Gasteiger charge is -2.27. The average Bonchev–Trinajstić information content (AvgIpc) is 2.90. The summed E-state index contributed by atoms with van der Waals surface area (Å²) < 4.78 is 7.21. The number of nitrogens with zero attached hydrogens (tertiary/aromatic N) is 5. The van der Waals surface area contributed by atoms with Crippen LogP contribution >= 0.6 is 0 Å². The molecular weight excluding hydrogens is 336 g/mol. The number of carbonyl (C=O) groups is 2. The maximum Gasteiger partial charge on any atom is 0.252 e. The second-order valence-corrected chi connectivity index (χ2v) is 6.97. The van der Waals surface area contributed by atoms with Crippen LogP contribution in [0.5, 0.6) is 0 Å². The Labute approximate surface area is 150 Å². The summed E-state index contributed by atoms with van der Waals surface area (Å²) in [6, 6.07) is -0.129. The fourth-order valence-corrected chi connectivity index (χ4v) is 3.74. The van der Waals surface area contributed by atoms with E-state index in [1.165, 1.54) is 6.33 Å². The molecule has 26 heavy (non-hydrogen) atoms. The maximum atomic E-state index is 12.8. The predicted octanol–water partition coefficient (Wildman–Crippen LogP) is -0.353. The zero-order chi connectivity index (χ0) is 18.3. The Morgan fingerprint density at radius 1 is 1.35 bits per heavy atom. The van der Waals surface area contributed by atoms with Crippen LogP contribution in [0.25, 0.3) is 5.78 Å². The first-order valence-corrected chi connectivity index (χ1v) is 8.84. The molecule has 2 fully saturated rings. The van der Waals surface area contributed by atoms with Gasteiger partial charge < -0.3 is 15.0 Å². The smallest absolute Gasteiger partial charge is 0.252 e. The topological polar surface area (TPSA) is 102 Å². The van der Waals surface area contributed by atoms with E-state index in [-0.39, 0.29) is 23.8 Å². The number of nitrogens with one attached hydrogen (secondary N) is 1. The lowest BCUT2D eigenvalue weighted by molar-refractivity contribution is -0.133. The molecule has 0 unspecified atom stereocenters.